The Morgan fingerprint density at radius 2 is 2.06 bits per heavy atom. The second kappa shape index (κ2) is 5.10. The van der Waals surface area contributed by atoms with E-state index in [1.165, 1.54) is 0 Å². The van der Waals surface area contributed by atoms with Crippen molar-refractivity contribution in [1.82, 2.24) is 5.32 Å². The van der Waals surface area contributed by atoms with E-state index >= 15 is 0 Å². The Labute approximate surface area is 106 Å². The summed E-state index contributed by atoms with van der Waals surface area (Å²) in [6.07, 6.45) is 2.82. The number of nitrogens with one attached hydrogen (secondary N) is 1. The van der Waals surface area contributed by atoms with Crippen LogP contribution in [0.25, 0.3) is 0 Å². The Balaban J connectivity index is 2.44. The molecule has 17 heavy (non-hydrogen) atoms. The predicted molar refractivity (Wildman–Crippen MR) is 73.5 cm³/mol. The van der Waals surface area contributed by atoms with Gasteiger partial charge >= 0.3 is 0 Å². The second-order valence-corrected chi connectivity index (χ2v) is 11.5. The Hall–Kier alpha value is -0.353. The van der Waals surface area contributed by atoms with Crippen LogP contribution in [0.5, 0.6) is 0 Å². The molecule has 1 heterocycles. The highest BCUT2D eigenvalue weighted by atomic mass is 28.4. The summed E-state index contributed by atoms with van der Waals surface area (Å²) < 4.78 is 6.29. The van der Waals surface area contributed by atoms with Gasteiger partial charge in [-0.3, -0.25) is 4.79 Å². The number of hydrogen-bond donors (Lipinski definition) is 1. The summed E-state index contributed by atoms with van der Waals surface area (Å²) in [5.41, 5.74) is 0. The van der Waals surface area contributed by atoms with Gasteiger partial charge in [-0.25, -0.2) is 0 Å². The molecule has 1 rings (SSSR count). The molecule has 1 saturated heterocycles. The monoisotopic (exact) mass is 257 g/mol. The van der Waals surface area contributed by atoms with Crippen LogP contribution >= 0.6 is 0 Å². The number of carbonyl (C=O) groups excluding carboxylic acids is 1. The Morgan fingerprint density at radius 1 is 1.47 bits per heavy atom. The molecule has 1 aliphatic rings. The third-order valence-electron chi connectivity index (χ3n) is 4.00. The normalized spacial score (nSPS) is 23.6. The molecule has 0 aliphatic carbocycles. The summed E-state index contributed by atoms with van der Waals surface area (Å²) in [5.74, 6) is 0.189. The van der Waals surface area contributed by atoms with E-state index in [4.69, 9.17) is 4.43 Å². The van der Waals surface area contributed by atoms with Crippen LogP contribution in [0, 0.1) is 0 Å². The maximum absolute atomic E-state index is 11.1. The lowest BCUT2D eigenvalue weighted by atomic mass is 10.1. The van der Waals surface area contributed by atoms with Gasteiger partial charge in [0.1, 0.15) is 0 Å². The summed E-state index contributed by atoms with van der Waals surface area (Å²) in [6, 6.07) is 0.322. The third-order valence-corrected chi connectivity index (χ3v) is 8.61. The first-order valence-corrected chi connectivity index (χ1v) is 9.50. The zero-order valence-electron chi connectivity index (χ0n) is 12.1. The Bertz CT molecular complexity index is 284. The van der Waals surface area contributed by atoms with E-state index in [0.29, 0.717) is 12.5 Å². The molecular formula is C13H27NO2Si. The molecule has 100 valence electrons. The van der Waals surface area contributed by atoms with Gasteiger partial charge in [0.05, 0.1) is 0 Å². The molecule has 1 fully saturated rings. The van der Waals surface area contributed by atoms with Gasteiger partial charge in [-0.2, -0.15) is 0 Å². The van der Waals surface area contributed by atoms with Gasteiger partial charge in [0.15, 0.2) is 8.32 Å². The molecule has 1 amide bonds. The van der Waals surface area contributed by atoms with Gasteiger partial charge in [0, 0.05) is 18.6 Å². The zero-order chi connectivity index (χ0) is 13.3. The lowest BCUT2D eigenvalue weighted by Crippen LogP contribution is -2.44. The highest BCUT2D eigenvalue weighted by molar-refractivity contribution is 6.74. The third kappa shape index (κ3) is 4.10. The van der Waals surface area contributed by atoms with Crippen LogP contribution < -0.4 is 5.32 Å². The molecule has 0 spiro atoms. The van der Waals surface area contributed by atoms with E-state index in [9.17, 15) is 4.79 Å². The van der Waals surface area contributed by atoms with Crippen LogP contribution in [0.1, 0.15) is 47.0 Å². The van der Waals surface area contributed by atoms with Crippen molar-refractivity contribution in [2.75, 3.05) is 0 Å². The maximum Gasteiger partial charge on any atom is 0.220 e. The average molecular weight is 257 g/mol. The van der Waals surface area contributed by atoms with Crippen molar-refractivity contribution < 1.29 is 9.22 Å². The summed E-state index contributed by atoms with van der Waals surface area (Å²) in [7, 11) is -1.67. The number of rotatable bonds is 4. The zero-order valence-corrected chi connectivity index (χ0v) is 13.1. The van der Waals surface area contributed by atoms with Crippen molar-refractivity contribution in [3.8, 4) is 0 Å². The van der Waals surface area contributed by atoms with Crippen LogP contribution in [-0.2, 0) is 9.22 Å². The summed E-state index contributed by atoms with van der Waals surface area (Å²) in [5, 5.41) is 3.26. The molecule has 3 nitrogen and oxygen atoms in total. The number of hydrogen-bond acceptors (Lipinski definition) is 2. The van der Waals surface area contributed by atoms with Gasteiger partial charge in [0.2, 0.25) is 5.91 Å². The van der Waals surface area contributed by atoms with Crippen molar-refractivity contribution in [2.45, 2.75) is 77.2 Å². The maximum atomic E-state index is 11.1. The number of carbonyl (C=O) groups is 1. The van der Waals surface area contributed by atoms with Crippen molar-refractivity contribution in [3.63, 3.8) is 0 Å². The number of amides is 1. The summed E-state index contributed by atoms with van der Waals surface area (Å²) in [6.45, 7) is 13.4. The fraction of sp³-hybridized carbons (Fsp3) is 0.923. The quantitative estimate of drug-likeness (QED) is 0.786. The van der Waals surface area contributed by atoms with Gasteiger partial charge in [0.25, 0.3) is 0 Å². The van der Waals surface area contributed by atoms with E-state index in [0.717, 1.165) is 12.8 Å². The fourth-order valence-electron chi connectivity index (χ4n) is 1.98. The molecule has 4 heteroatoms. The van der Waals surface area contributed by atoms with Crippen molar-refractivity contribution in [1.29, 1.82) is 0 Å². The lowest BCUT2D eigenvalue weighted by molar-refractivity contribution is -0.119. The SMILES string of the molecule is C[C@@H](C[C@H]1CCC(=O)N1)O[Si](C)(C)C(C)(C)C. The first-order valence-electron chi connectivity index (χ1n) is 6.59. The van der Waals surface area contributed by atoms with E-state index in [-0.39, 0.29) is 17.0 Å². The van der Waals surface area contributed by atoms with E-state index in [1.54, 1.807) is 0 Å². The van der Waals surface area contributed by atoms with E-state index in [2.05, 4.69) is 46.1 Å². The smallest absolute Gasteiger partial charge is 0.220 e. The van der Waals surface area contributed by atoms with Crippen LogP contribution in [0.4, 0.5) is 0 Å². The Kier molecular flexibility index (Phi) is 4.41. The fourth-order valence-corrected chi connectivity index (χ4v) is 3.44. The predicted octanol–water partition coefficient (Wildman–Crippen LogP) is 3.07. The largest absolute Gasteiger partial charge is 0.414 e. The summed E-state index contributed by atoms with van der Waals surface area (Å²) in [4.78, 5) is 11.1. The van der Waals surface area contributed by atoms with Gasteiger partial charge < -0.3 is 9.74 Å². The van der Waals surface area contributed by atoms with Crippen LogP contribution in [0.3, 0.4) is 0 Å². The first-order chi connectivity index (χ1) is 7.62. The minimum atomic E-state index is -1.67. The summed E-state index contributed by atoms with van der Waals surface area (Å²) >= 11 is 0. The topological polar surface area (TPSA) is 38.3 Å². The highest BCUT2D eigenvalue weighted by Crippen LogP contribution is 2.37. The van der Waals surface area contributed by atoms with Crippen molar-refractivity contribution in [2.24, 2.45) is 0 Å². The molecule has 1 N–H and O–H groups in total. The molecule has 0 aromatic heterocycles. The molecule has 1 aliphatic heterocycles. The molecule has 0 unspecified atom stereocenters. The highest BCUT2D eigenvalue weighted by Gasteiger charge is 2.38. The van der Waals surface area contributed by atoms with Crippen molar-refractivity contribution in [3.05, 3.63) is 0 Å². The standard InChI is InChI=1S/C13H27NO2Si/c1-10(9-11-7-8-12(15)14-11)16-17(5,6)13(2,3)4/h10-11H,7-9H2,1-6H3,(H,14,15)/t10-,11+/m0/s1. The Morgan fingerprint density at radius 3 is 2.47 bits per heavy atom. The van der Waals surface area contributed by atoms with Crippen LogP contribution in [0.15, 0.2) is 0 Å². The molecule has 0 radical (unpaired) electrons. The van der Waals surface area contributed by atoms with Crippen molar-refractivity contribution >= 4 is 14.2 Å². The van der Waals surface area contributed by atoms with E-state index in [1.807, 2.05) is 0 Å². The lowest BCUT2D eigenvalue weighted by Gasteiger charge is -2.39. The molecular weight excluding hydrogens is 230 g/mol. The van der Waals surface area contributed by atoms with Gasteiger partial charge in [-0.05, 0) is 37.9 Å². The molecule has 0 bridgehead atoms. The van der Waals surface area contributed by atoms with Crippen LogP contribution in [0.2, 0.25) is 18.1 Å². The minimum absolute atomic E-state index is 0.189. The second-order valence-electron chi connectivity index (χ2n) is 6.73. The van der Waals surface area contributed by atoms with Gasteiger partial charge in [-0.1, -0.05) is 20.8 Å². The molecule has 0 saturated carbocycles. The molecule has 0 aromatic rings. The average Bonchev–Trinajstić information content (AvgIpc) is 2.47. The minimum Gasteiger partial charge on any atom is -0.414 e. The molecule has 0 aromatic carbocycles. The van der Waals surface area contributed by atoms with Gasteiger partial charge in [-0.15, -0.1) is 0 Å². The molecule has 2 atom stereocenters. The van der Waals surface area contributed by atoms with Crippen LogP contribution in [-0.4, -0.2) is 26.4 Å². The first kappa shape index (κ1) is 14.7. The van der Waals surface area contributed by atoms with E-state index < -0.39 is 8.32 Å².